The number of imide groups is 1. The highest BCUT2D eigenvalue weighted by atomic mass is 32.1. The molecule has 29 heavy (non-hydrogen) atoms. The molecule has 3 rings (SSSR count). The third-order valence-corrected chi connectivity index (χ3v) is 5.12. The Kier molecular flexibility index (Phi) is 5.92. The summed E-state index contributed by atoms with van der Waals surface area (Å²) in [6.07, 6.45) is 0.254. The van der Waals surface area contributed by atoms with E-state index in [4.69, 9.17) is 5.11 Å². The van der Waals surface area contributed by atoms with E-state index >= 15 is 0 Å². The first kappa shape index (κ1) is 20.5. The van der Waals surface area contributed by atoms with E-state index < -0.39 is 35.9 Å². The molecule has 1 aliphatic rings. The minimum absolute atomic E-state index is 0.0213. The van der Waals surface area contributed by atoms with Crippen molar-refractivity contribution in [2.75, 3.05) is 5.32 Å². The standard InChI is InChI=1S/C19H20N4O5S/c1-10(2)8-13(15(24)22-18-20-12(9-29-18)17(26)27)23-16(25)14(21-19(23)28)11-6-4-3-5-7-11/h3-7,9-10,13-14H,8H2,1-2H3,(H,21,28)(H,26,27)(H,20,22,24)/t13-,14+/m0/s1. The van der Waals surface area contributed by atoms with Crippen LogP contribution in [0.15, 0.2) is 35.7 Å². The van der Waals surface area contributed by atoms with E-state index in [1.807, 2.05) is 13.8 Å². The van der Waals surface area contributed by atoms with E-state index in [1.165, 1.54) is 5.38 Å². The lowest BCUT2D eigenvalue weighted by atomic mass is 10.0. The molecule has 0 unspecified atom stereocenters. The Hall–Kier alpha value is -3.27. The maximum atomic E-state index is 13.0. The number of benzene rings is 1. The molecule has 1 aromatic heterocycles. The number of aromatic carboxylic acids is 1. The lowest BCUT2D eigenvalue weighted by Crippen LogP contribution is -2.48. The lowest BCUT2D eigenvalue weighted by molar-refractivity contribution is -0.134. The van der Waals surface area contributed by atoms with Crippen LogP contribution < -0.4 is 10.6 Å². The number of carboxylic acids is 1. The van der Waals surface area contributed by atoms with Crippen molar-refractivity contribution >= 4 is 40.3 Å². The number of aromatic nitrogens is 1. The van der Waals surface area contributed by atoms with E-state index in [-0.39, 0.29) is 23.2 Å². The summed E-state index contributed by atoms with van der Waals surface area (Å²) >= 11 is 0.956. The molecule has 9 nitrogen and oxygen atoms in total. The number of nitrogens with zero attached hydrogens (tertiary/aromatic N) is 2. The molecule has 0 radical (unpaired) electrons. The summed E-state index contributed by atoms with van der Waals surface area (Å²) in [5, 5.41) is 15.5. The molecule has 1 aromatic carbocycles. The van der Waals surface area contributed by atoms with Gasteiger partial charge in [0.05, 0.1) is 0 Å². The second-order valence-corrected chi connectivity index (χ2v) is 7.84. The third kappa shape index (κ3) is 4.43. The number of thiazole rings is 1. The molecule has 0 aliphatic carbocycles. The number of hydrogen-bond donors (Lipinski definition) is 3. The molecule has 0 bridgehead atoms. The fourth-order valence-electron chi connectivity index (χ4n) is 3.05. The van der Waals surface area contributed by atoms with Crippen molar-refractivity contribution in [2.45, 2.75) is 32.4 Å². The van der Waals surface area contributed by atoms with Gasteiger partial charge in [-0.15, -0.1) is 11.3 Å². The highest BCUT2D eigenvalue weighted by Crippen LogP contribution is 2.27. The van der Waals surface area contributed by atoms with E-state index in [0.29, 0.717) is 5.56 Å². The normalized spacial score (nSPS) is 17.3. The molecule has 1 fully saturated rings. The highest BCUT2D eigenvalue weighted by molar-refractivity contribution is 7.14. The van der Waals surface area contributed by atoms with Crippen LogP contribution in [0, 0.1) is 5.92 Å². The maximum absolute atomic E-state index is 13.0. The van der Waals surface area contributed by atoms with Gasteiger partial charge in [0.1, 0.15) is 12.1 Å². The Morgan fingerprint density at radius 2 is 1.97 bits per heavy atom. The number of urea groups is 1. The Labute approximate surface area is 170 Å². The summed E-state index contributed by atoms with van der Waals surface area (Å²) in [5.74, 6) is -2.29. The van der Waals surface area contributed by atoms with Crippen molar-refractivity contribution in [1.82, 2.24) is 15.2 Å². The number of amides is 4. The number of carbonyl (C=O) groups excluding carboxylic acids is 3. The summed E-state index contributed by atoms with van der Waals surface area (Å²) in [4.78, 5) is 54.1. The Morgan fingerprint density at radius 3 is 2.55 bits per heavy atom. The smallest absolute Gasteiger partial charge is 0.355 e. The van der Waals surface area contributed by atoms with Crippen molar-refractivity contribution in [3.63, 3.8) is 0 Å². The average molecular weight is 416 g/mol. The zero-order valence-electron chi connectivity index (χ0n) is 15.8. The molecule has 1 saturated heterocycles. The molecule has 10 heteroatoms. The molecule has 0 spiro atoms. The van der Waals surface area contributed by atoms with Crippen LogP contribution in [0.25, 0.3) is 0 Å². The number of hydrogen-bond acceptors (Lipinski definition) is 6. The monoisotopic (exact) mass is 416 g/mol. The molecule has 2 heterocycles. The van der Waals surface area contributed by atoms with Crippen molar-refractivity contribution in [2.24, 2.45) is 5.92 Å². The second kappa shape index (κ2) is 8.39. The first-order valence-electron chi connectivity index (χ1n) is 8.96. The molecule has 2 atom stereocenters. The van der Waals surface area contributed by atoms with Crippen molar-refractivity contribution in [3.05, 3.63) is 47.0 Å². The van der Waals surface area contributed by atoms with Gasteiger partial charge in [-0.25, -0.2) is 19.5 Å². The SMILES string of the molecule is CC(C)C[C@@H](C(=O)Nc1nc(C(=O)O)cs1)N1C(=O)N[C@H](c2ccccc2)C1=O. The fourth-order valence-corrected chi connectivity index (χ4v) is 3.74. The Balaban J connectivity index is 1.83. The number of anilines is 1. The van der Waals surface area contributed by atoms with Crippen LogP contribution in [0.4, 0.5) is 9.93 Å². The van der Waals surface area contributed by atoms with E-state index in [2.05, 4.69) is 15.6 Å². The first-order chi connectivity index (χ1) is 13.8. The van der Waals surface area contributed by atoms with Gasteiger partial charge in [0.25, 0.3) is 5.91 Å². The van der Waals surface area contributed by atoms with Crippen LogP contribution in [0.1, 0.15) is 42.4 Å². The topological polar surface area (TPSA) is 129 Å². The second-order valence-electron chi connectivity index (χ2n) is 6.98. The summed E-state index contributed by atoms with van der Waals surface area (Å²) in [7, 11) is 0. The maximum Gasteiger partial charge on any atom is 0.355 e. The summed E-state index contributed by atoms with van der Waals surface area (Å²) in [5.41, 5.74) is 0.438. The quantitative estimate of drug-likeness (QED) is 0.595. The number of carboxylic acid groups (broad SMARTS) is 1. The molecule has 1 aliphatic heterocycles. The van der Waals surface area contributed by atoms with Gasteiger partial charge in [0.2, 0.25) is 5.91 Å². The Morgan fingerprint density at radius 1 is 1.28 bits per heavy atom. The van der Waals surface area contributed by atoms with Crippen LogP contribution in [0.3, 0.4) is 0 Å². The van der Waals surface area contributed by atoms with E-state index in [1.54, 1.807) is 30.3 Å². The van der Waals surface area contributed by atoms with E-state index in [0.717, 1.165) is 16.2 Å². The minimum Gasteiger partial charge on any atom is -0.476 e. The minimum atomic E-state index is -1.21. The molecule has 152 valence electrons. The number of rotatable bonds is 7. The highest BCUT2D eigenvalue weighted by Gasteiger charge is 2.45. The van der Waals surface area contributed by atoms with Crippen molar-refractivity contribution in [1.29, 1.82) is 0 Å². The lowest BCUT2D eigenvalue weighted by Gasteiger charge is -2.25. The summed E-state index contributed by atoms with van der Waals surface area (Å²) < 4.78 is 0. The number of nitrogens with one attached hydrogen (secondary N) is 2. The van der Waals surface area contributed by atoms with Crippen LogP contribution in [-0.4, -0.2) is 44.8 Å². The molecular weight excluding hydrogens is 396 g/mol. The molecule has 3 N–H and O–H groups in total. The van der Waals surface area contributed by atoms with Crippen molar-refractivity contribution in [3.8, 4) is 0 Å². The predicted octanol–water partition coefficient (Wildman–Crippen LogP) is 2.49. The van der Waals surface area contributed by atoms with Crippen LogP contribution in [0.2, 0.25) is 0 Å². The predicted molar refractivity (Wildman–Crippen MR) is 106 cm³/mol. The van der Waals surface area contributed by atoms with Crippen molar-refractivity contribution < 1.29 is 24.3 Å². The van der Waals surface area contributed by atoms with Gasteiger partial charge in [-0.1, -0.05) is 44.2 Å². The molecule has 4 amide bonds. The first-order valence-corrected chi connectivity index (χ1v) is 9.84. The zero-order valence-corrected chi connectivity index (χ0v) is 16.6. The average Bonchev–Trinajstić information content (AvgIpc) is 3.25. The Bertz CT molecular complexity index is 943. The van der Waals surface area contributed by atoms with Gasteiger partial charge >= 0.3 is 12.0 Å². The van der Waals surface area contributed by atoms with Gasteiger partial charge in [-0.3, -0.25) is 9.59 Å². The number of carbonyl (C=O) groups is 4. The molecule has 2 aromatic rings. The van der Waals surface area contributed by atoms with Gasteiger partial charge in [-0.05, 0) is 17.9 Å². The van der Waals surface area contributed by atoms with Gasteiger partial charge in [0, 0.05) is 5.38 Å². The van der Waals surface area contributed by atoms with Crippen LogP contribution >= 0.6 is 11.3 Å². The fraction of sp³-hybridized carbons (Fsp3) is 0.316. The van der Waals surface area contributed by atoms with Crippen LogP contribution in [0.5, 0.6) is 0 Å². The van der Waals surface area contributed by atoms with Gasteiger partial charge in [0.15, 0.2) is 10.8 Å². The molecular formula is C19H20N4O5S. The van der Waals surface area contributed by atoms with Gasteiger partial charge < -0.3 is 15.7 Å². The summed E-state index contributed by atoms with van der Waals surface area (Å²) in [6, 6.07) is 6.24. The zero-order chi connectivity index (χ0) is 21.1. The van der Waals surface area contributed by atoms with E-state index in [9.17, 15) is 19.2 Å². The largest absolute Gasteiger partial charge is 0.476 e. The third-order valence-electron chi connectivity index (χ3n) is 4.37. The van der Waals surface area contributed by atoms with Gasteiger partial charge in [-0.2, -0.15) is 0 Å². The van der Waals surface area contributed by atoms with Crippen LogP contribution in [-0.2, 0) is 9.59 Å². The summed E-state index contributed by atoms with van der Waals surface area (Å²) in [6.45, 7) is 3.75. The molecule has 0 saturated carbocycles.